The molecule has 0 radical (unpaired) electrons. The van der Waals surface area contributed by atoms with Gasteiger partial charge in [0, 0.05) is 7.05 Å². The molecule has 0 fully saturated rings. The molecule has 0 spiro atoms. The van der Waals surface area contributed by atoms with Crippen LogP contribution in [0.1, 0.15) is 0 Å². The summed E-state index contributed by atoms with van der Waals surface area (Å²) >= 11 is 0. The van der Waals surface area contributed by atoms with Crippen LogP contribution >= 0.6 is 0 Å². The fourth-order valence-corrected chi connectivity index (χ4v) is 0.671. The number of nitrogens with zero attached hydrogens (tertiary/aromatic N) is 1. The van der Waals surface area contributed by atoms with Gasteiger partial charge in [0.1, 0.15) is 0 Å². The van der Waals surface area contributed by atoms with E-state index in [1.165, 1.54) is 0 Å². The van der Waals surface area contributed by atoms with Crippen molar-refractivity contribution in [2.45, 2.75) is 0 Å². The Hall–Kier alpha value is -1.14. The Morgan fingerprint density at radius 3 is 2.25 bits per heavy atom. The third kappa shape index (κ3) is 4.64. The lowest BCUT2D eigenvalue weighted by atomic mass is 10.5. The normalized spacial score (nSPS) is 9.67. The number of carbonyl (C=O) groups is 2. The minimum absolute atomic E-state index is 0.115. The molecule has 0 saturated carbocycles. The van der Waals surface area contributed by atoms with Gasteiger partial charge in [0.2, 0.25) is 11.8 Å². The molecule has 6 heteroatoms. The average Bonchev–Trinajstić information content (AvgIpc) is 2.03. The van der Waals surface area contributed by atoms with E-state index in [0.29, 0.717) is 0 Å². The second-order valence-electron chi connectivity index (χ2n) is 2.41. The number of amides is 2. The van der Waals surface area contributed by atoms with Crippen LogP contribution in [0.5, 0.6) is 0 Å². The second-order valence-corrected chi connectivity index (χ2v) is 2.41. The van der Waals surface area contributed by atoms with Gasteiger partial charge in [0.15, 0.2) is 0 Å². The predicted octanol–water partition coefficient (Wildman–Crippen LogP) is -2.35. The summed E-state index contributed by atoms with van der Waals surface area (Å²) in [7, 11) is 3.20. The van der Waals surface area contributed by atoms with E-state index < -0.39 is 0 Å². The monoisotopic (exact) mass is 174 g/mol. The van der Waals surface area contributed by atoms with E-state index in [9.17, 15) is 9.59 Å². The van der Waals surface area contributed by atoms with Gasteiger partial charge < -0.3 is 5.32 Å². The number of nitrogens with one attached hydrogen (secondary N) is 2. The molecule has 0 unspecified atom stereocenters. The van der Waals surface area contributed by atoms with E-state index in [-0.39, 0.29) is 24.9 Å². The molecule has 6 nitrogen and oxygen atoms in total. The molecule has 0 aliphatic rings. The van der Waals surface area contributed by atoms with Crippen molar-refractivity contribution in [3.8, 4) is 0 Å². The summed E-state index contributed by atoms with van der Waals surface area (Å²) < 4.78 is 0. The van der Waals surface area contributed by atoms with Crippen molar-refractivity contribution in [2.24, 2.45) is 5.84 Å². The van der Waals surface area contributed by atoms with Crippen LogP contribution < -0.4 is 16.6 Å². The van der Waals surface area contributed by atoms with Gasteiger partial charge in [-0.25, -0.2) is 5.84 Å². The summed E-state index contributed by atoms with van der Waals surface area (Å²) in [5.74, 6) is 4.40. The van der Waals surface area contributed by atoms with Gasteiger partial charge >= 0.3 is 0 Å². The Morgan fingerprint density at radius 1 is 1.33 bits per heavy atom. The first-order valence-corrected chi connectivity index (χ1v) is 3.48. The standard InChI is InChI=1S/C6H14N4O2/c1-8-5(11)3-10(2)4-6(12)9-7/h3-4,7H2,1-2H3,(H,8,11)(H,9,12). The van der Waals surface area contributed by atoms with Gasteiger partial charge in [0.25, 0.3) is 0 Å². The minimum Gasteiger partial charge on any atom is -0.358 e. The average molecular weight is 174 g/mol. The first-order chi connectivity index (χ1) is 5.60. The summed E-state index contributed by atoms with van der Waals surface area (Å²) in [6, 6.07) is 0. The van der Waals surface area contributed by atoms with Crippen LogP contribution in [0.3, 0.4) is 0 Å². The molecule has 0 aromatic heterocycles. The molecule has 4 N–H and O–H groups in total. The summed E-state index contributed by atoms with van der Waals surface area (Å²) in [5, 5.41) is 2.44. The van der Waals surface area contributed by atoms with Crippen molar-refractivity contribution in [1.82, 2.24) is 15.6 Å². The molecule has 0 aromatic carbocycles. The smallest absolute Gasteiger partial charge is 0.248 e. The summed E-state index contributed by atoms with van der Waals surface area (Å²) in [4.78, 5) is 23.0. The van der Waals surface area contributed by atoms with Crippen molar-refractivity contribution in [2.75, 3.05) is 27.2 Å². The van der Waals surface area contributed by atoms with Crippen molar-refractivity contribution in [3.63, 3.8) is 0 Å². The number of likely N-dealkylation sites (N-methyl/N-ethyl adjacent to an activating group) is 2. The third-order valence-electron chi connectivity index (χ3n) is 1.27. The fourth-order valence-electron chi connectivity index (χ4n) is 0.671. The van der Waals surface area contributed by atoms with E-state index in [0.717, 1.165) is 0 Å². The molecular weight excluding hydrogens is 160 g/mol. The molecule has 0 aliphatic carbocycles. The highest BCUT2D eigenvalue weighted by atomic mass is 16.2. The number of hydrogen-bond acceptors (Lipinski definition) is 4. The molecule has 0 saturated heterocycles. The minimum atomic E-state index is -0.318. The molecule has 0 aliphatic heterocycles. The maximum atomic E-state index is 10.8. The third-order valence-corrected chi connectivity index (χ3v) is 1.27. The van der Waals surface area contributed by atoms with E-state index in [2.05, 4.69) is 5.32 Å². The van der Waals surface area contributed by atoms with Gasteiger partial charge in [-0.2, -0.15) is 0 Å². The summed E-state index contributed by atoms with van der Waals surface area (Å²) in [6.07, 6.45) is 0. The highest BCUT2D eigenvalue weighted by molar-refractivity contribution is 5.80. The lowest BCUT2D eigenvalue weighted by Gasteiger charge is -2.13. The molecule has 2 amide bonds. The maximum absolute atomic E-state index is 10.8. The van der Waals surface area contributed by atoms with Crippen LogP contribution in [0.15, 0.2) is 0 Å². The molecule has 0 rings (SSSR count). The molecule has 12 heavy (non-hydrogen) atoms. The first-order valence-electron chi connectivity index (χ1n) is 3.48. The van der Waals surface area contributed by atoms with Crippen LogP contribution in [0, 0.1) is 0 Å². The molecule has 70 valence electrons. The molecule has 0 bridgehead atoms. The highest BCUT2D eigenvalue weighted by Gasteiger charge is 2.07. The van der Waals surface area contributed by atoms with Gasteiger partial charge in [-0.05, 0) is 7.05 Å². The van der Waals surface area contributed by atoms with Crippen molar-refractivity contribution in [3.05, 3.63) is 0 Å². The van der Waals surface area contributed by atoms with Crippen molar-refractivity contribution < 1.29 is 9.59 Å². The van der Waals surface area contributed by atoms with E-state index in [4.69, 9.17) is 5.84 Å². The summed E-state index contributed by atoms with van der Waals surface area (Å²) in [6.45, 7) is 0.299. The first kappa shape index (κ1) is 10.9. The lowest BCUT2D eigenvalue weighted by molar-refractivity contribution is -0.124. The molecular formula is C6H14N4O2. The SMILES string of the molecule is CNC(=O)CN(C)CC(=O)NN. The number of rotatable bonds is 4. The predicted molar refractivity (Wildman–Crippen MR) is 43.9 cm³/mol. The van der Waals surface area contributed by atoms with Crippen LogP contribution in [-0.2, 0) is 9.59 Å². The van der Waals surface area contributed by atoms with Gasteiger partial charge in [-0.15, -0.1) is 0 Å². The number of hydrazine groups is 1. The maximum Gasteiger partial charge on any atom is 0.248 e. The zero-order valence-corrected chi connectivity index (χ0v) is 7.26. The Labute approximate surface area is 71.1 Å². The largest absolute Gasteiger partial charge is 0.358 e. The Kier molecular flexibility index (Phi) is 4.98. The zero-order chi connectivity index (χ0) is 9.56. The zero-order valence-electron chi connectivity index (χ0n) is 7.26. The van der Waals surface area contributed by atoms with Crippen LogP contribution in [0.2, 0.25) is 0 Å². The topological polar surface area (TPSA) is 87.5 Å². The fraction of sp³-hybridized carbons (Fsp3) is 0.667. The molecule has 0 heterocycles. The van der Waals surface area contributed by atoms with Crippen LogP contribution in [0.4, 0.5) is 0 Å². The Bertz CT molecular complexity index is 153. The van der Waals surface area contributed by atoms with E-state index in [1.54, 1.807) is 19.0 Å². The van der Waals surface area contributed by atoms with Crippen LogP contribution in [0.25, 0.3) is 0 Å². The number of carbonyl (C=O) groups excluding carboxylic acids is 2. The second kappa shape index (κ2) is 5.50. The van der Waals surface area contributed by atoms with Crippen molar-refractivity contribution in [1.29, 1.82) is 0 Å². The van der Waals surface area contributed by atoms with Gasteiger partial charge in [-0.3, -0.25) is 19.9 Å². The van der Waals surface area contributed by atoms with Crippen molar-refractivity contribution >= 4 is 11.8 Å². The van der Waals surface area contributed by atoms with E-state index in [1.807, 2.05) is 5.43 Å². The lowest BCUT2D eigenvalue weighted by Crippen LogP contribution is -2.42. The quantitative estimate of drug-likeness (QED) is 0.253. The Balaban J connectivity index is 3.66. The molecule has 0 atom stereocenters. The van der Waals surface area contributed by atoms with E-state index >= 15 is 0 Å². The summed E-state index contributed by atoms with van der Waals surface area (Å²) in [5.41, 5.74) is 1.97. The number of hydrogen-bond donors (Lipinski definition) is 3. The molecule has 0 aromatic rings. The number of nitrogens with two attached hydrogens (primary N) is 1. The Morgan fingerprint density at radius 2 is 1.83 bits per heavy atom. The highest BCUT2D eigenvalue weighted by Crippen LogP contribution is 1.80. The van der Waals surface area contributed by atoms with Gasteiger partial charge in [0.05, 0.1) is 13.1 Å². The van der Waals surface area contributed by atoms with Crippen LogP contribution in [-0.4, -0.2) is 43.9 Å². The van der Waals surface area contributed by atoms with Gasteiger partial charge in [-0.1, -0.05) is 0 Å².